The molecule has 0 aromatic heterocycles. The van der Waals surface area contributed by atoms with Gasteiger partial charge in [-0.25, -0.2) is 0 Å². The van der Waals surface area contributed by atoms with Crippen molar-refractivity contribution in [2.75, 3.05) is 0 Å². The number of Topliss-reactive ketones (excluding diaryl/α,β-unsaturated/α-hetero) is 1. The maximum absolute atomic E-state index is 12.3. The zero-order chi connectivity index (χ0) is 20.4. The summed E-state index contributed by atoms with van der Waals surface area (Å²) in [6.45, 7) is 7.48. The molecule has 4 aliphatic carbocycles. The molecule has 0 heterocycles. The zero-order valence-electron chi connectivity index (χ0n) is 17.7. The minimum Gasteiger partial charge on any atom is -0.463 e. The third-order valence-corrected chi connectivity index (χ3v) is 9.53. The Morgan fingerprint density at radius 3 is 2.32 bits per heavy atom. The molecule has 0 radical (unpaired) electrons. The van der Waals surface area contributed by atoms with Gasteiger partial charge in [0.2, 0.25) is 0 Å². The molecular formula is C23H36O5. The molecule has 158 valence electrons. The van der Waals surface area contributed by atoms with Crippen molar-refractivity contribution in [3.8, 4) is 0 Å². The third kappa shape index (κ3) is 2.79. The molecule has 4 fully saturated rings. The maximum atomic E-state index is 12.3. The van der Waals surface area contributed by atoms with Crippen molar-refractivity contribution in [2.24, 2.45) is 40.4 Å². The maximum Gasteiger partial charge on any atom is 0.302 e. The molecule has 5 nitrogen and oxygen atoms in total. The number of rotatable bonds is 2. The first kappa shape index (κ1) is 20.3. The van der Waals surface area contributed by atoms with E-state index in [1.165, 1.54) is 6.92 Å². The number of esters is 1. The van der Waals surface area contributed by atoms with Crippen LogP contribution >= 0.6 is 0 Å². The van der Waals surface area contributed by atoms with Crippen molar-refractivity contribution in [1.82, 2.24) is 0 Å². The van der Waals surface area contributed by atoms with E-state index >= 15 is 0 Å². The molecule has 4 rings (SSSR count). The highest BCUT2D eigenvalue weighted by Gasteiger charge is 2.66. The molecule has 10 atom stereocenters. The van der Waals surface area contributed by atoms with Gasteiger partial charge in [-0.1, -0.05) is 13.8 Å². The van der Waals surface area contributed by atoms with Crippen LogP contribution in [-0.4, -0.2) is 40.3 Å². The summed E-state index contributed by atoms with van der Waals surface area (Å²) in [7, 11) is 0. The van der Waals surface area contributed by atoms with Crippen LogP contribution in [0, 0.1) is 40.4 Å². The number of carbonyl (C=O) groups is 2. The van der Waals surface area contributed by atoms with Crippen LogP contribution in [0.2, 0.25) is 0 Å². The number of fused-ring (bicyclic) bond motifs is 5. The summed E-state index contributed by atoms with van der Waals surface area (Å²) in [5.74, 6) is 0.957. The van der Waals surface area contributed by atoms with Crippen LogP contribution < -0.4 is 0 Å². The van der Waals surface area contributed by atoms with Crippen molar-refractivity contribution in [3.05, 3.63) is 0 Å². The monoisotopic (exact) mass is 392 g/mol. The topological polar surface area (TPSA) is 83.8 Å². The van der Waals surface area contributed by atoms with Crippen LogP contribution in [-0.2, 0) is 14.3 Å². The van der Waals surface area contributed by atoms with Crippen molar-refractivity contribution in [1.29, 1.82) is 0 Å². The van der Waals surface area contributed by atoms with Gasteiger partial charge in [0, 0.05) is 12.3 Å². The van der Waals surface area contributed by atoms with Gasteiger partial charge in [-0.05, 0) is 81.0 Å². The van der Waals surface area contributed by atoms with Crippen LogP contribution in [0.1, 0.15) is 72.6 Å². The number of carbonyl (C=O) groups excluding carboxylic acids is 2. The highest BCUT2D eigenvalue weighted by atomic mass is 16.5. The molecule has 4 saturated carbocycles. The van der Waals surface area contributed by atoms with Crippen LogP contribution in [0.15, 0.2) is 0 Å². The van der Waals surface area contributed by atoms with Crippen molar-refractivity contribution < 1.29 is 24.5 Å². The van der Waals surface area contributed by atoms with Gasteiger partial charge in [0.05, 0.1) is 18.1 Å². The Labute approximate surface area is 168 Å². The van der Waals surface area contributed by atoms with Gasteiger partial charge in [-0.15, -0.1) is 0 Å². The second-order valence-corrected chi connectivity index (χ2v) is 10.7. The fraction of sp³-hybridized carbons (Fsp3) is 0.913. The molecule has 0 saturated heterocycles. The lowest BCUT2D eigenvalue weighted by Crippen LogP contribution is -2.59. The summed E-state index contributed by atoms with van der Waals surface area (Å²) in [6, 6.07) is 0. The predicted octanol–water partition coefficient (Wildman–Crippen LogP) is 3.11. The number of hydrogen-bond acceptors (Lipinski definition) is 5. The molecule has 10 unspecified atom stereocenters. The van der Waals surface area contributed by atoms with Crippen LogP contribution in [0.4, 0.5) is 0 Å². The van der Waals surface area contributed by atoms with Gasteiger partial charge in [0.15, 0.2) is 0 Å². The average Bonchev–Trinajstić information content (AvgIpc) is 2.88. The fourth-order valence-corrected chi connectivity index (χ4v) is 8.26. The van der Waals surface area contributed by atoms with E-state index < -0.39 is 23.5 Å². The number of aliphatic hydroxyl groups is 2. The number of hydrogen-bond donors (Lipinski definition) is 2. The largest absolute Gasteiger partial charge is 0.463 e. The van der Waals surface area contributed by atoms with Gasteiger partial charge in [0.25, 0.3) is 0 Å². The molecule has 2 N–H and O–H groups in total. The highest BCUT2D eigenvalue weighted by molar-refractivity contribution is 5.80. The summed E-state index contributed by atoms with van der Waals surface area (Å²) in [5, 5.41) is 22.0. The summed E-state index contributed by atoms with van der Waals surface area (Å²) in [6.07, 6.45) is 5.24. The molecule has 28 heavy (non-hydrogen) atoms. The van der Waals surface area contributed by atoms with E-state index in [4.69, 9.17) is 4.74 Å². The Balaban J connectivity index is 1.60. The number of ether oxygens (including phenoxy) is 1. The number of aliphatic hydroxyl groups excluding tert-OH is 2. The number of ketones is 1. The molecule has 0 amide bonds. The van der Waals surface area contributed by atoms with Crippen molar-refractivity contribution in [2.45, 2.75) is 91.0 Å². The Bertz CT molecular complexity index is 661. The Morgan fingerprint density at radius 1 is 0.964 bits per heavy atom. The molecule has 0 aromatic rings. The molecule has 0 bridgehead atoms. The predicted molar refractivity (Wildman–Crippen MR) is 104 cm³/mol. The quantitative estimate of drug-likeness (QED) is 0.706. The summed E-state index contributed by atoms with van der Waals surface area (Å²) < 4.78 is 5.52. The van der Waals surface area contributed by atoms with E-state index in [-0.39, 0.29) is 29.2 Å². The molecular weight excluding hydrogens is 356 g/mol. The van der Waals surface area contributed by atoms with E-state index in [0.717, 1.165) is 38.5 Å². The highest BCUT2D eigenvalue weighted by Crippen LogP contribution is 2.67. The normalized spacial score (nSPS) is 52.9. The average molecular weight is 393 g/mol. The second kappa shape index (κ2) is 6.80. The summed E-state index contributed by atoms with van der Waals surface area (Å²) >= 11 is 0. The second-order valence-electron chi connectivity index (χ2n) is 10.7. The SMILES string of the molecule is CC(=O)OC1CCC2(C)C(CCC3C2CC(O)C2(C)C3CC(O)C2C(C)=O)C1. The summed E-state index contributed by atoms with van der Waals surface area (Å²) in [5.41, 5.74) is -0.369. The molecule has 0 aromatic carbocycles. The van der Waals surface area contributed by atoms with Gasteiger partial charge in [-0.3, -0.25) is 9.59 Å². The zero-order valence-corrected chi connectivity index (χ0v) is 17.7. The van der Waals surface area contributed by atoms with Gasteiger partial charge in [-0.2, -0.15) is 0 Å². The first-order chi connectivity index (χ1) is 13.1. The van der Waals surface area contributed by atoms with Gasteiger partial charge in [0.1, 0.15) is 11.9 Å². The van der Waals surface area contributed by atoms with E-state index in [2.05, 4.69) is 6.92 Å². The Kier molecular flexibility index (Phi) is 4.94. The minimum absolute atomic E-state index is 0.0109. The molecule has 0 spiro atoms. The third-order valence-electron chi connectivity index (χ3n) is 9.53. The first-order valence-corrected chi connectivity index (χ1v) is 11.1. The Hall–Kier alpha value is -0.940. The minimum atomic E-state index is -0.633. The van der Waals surface area contributed by atoms with Crippen LogP contribution in [0.5, 0.6) is 0 Å². The van der Waals surface area contributed by atoms with Crippen LogP contribution in [0.25, 0.3) is 0 Å². The van der Waals surface area contributed by atoms with E-state index in [9.17, 15) is 19.8 Å². The summed E-state index contributed by atoms with van der Waals surface area (Å²) in [4.78, 5) is 23.7. The smallest absolute Gasteiger partial charge is 0.302 e. The fourth-order valence-electron chi connectivity index (χ4n) is 8.26. The van der Waals surface area contributed by atoms with Crippen molar-refractivity contribution >= 4 is 11.8 Å². The van der Waals surface area contributed by atoms with E-state index in [1.54, 1.807) is 6.92 Å². The van der Waals surface area contributed by atoms with Gasteiger partial charge < -0.3 is 14.9 Å². The lowest BCUT2D eigenvalue weighted by Gasteiger charge is -2.62. The molecule has 4 aliphatic rings. The molecule has 0 aliphatic heterocycles. The molecule has 5 heteroatoms. The Morgan fingerprint density at radius 2 is 1.68 bits per heavy atom. The van der Waals surface area contributed by atoms with Gasteiger partial charge >= 0.3 is 5.97 Å². The lowest BCUT2D eigenvalue weighted by atomic mass is 9.44. The lowest BCUT2D eigenvalue weighted by molar-refractivity contribution is -0.180. The van der Waals surface area contributed by atoms with Crippen molar-refractivity contribution in [3.63, 3.8) is 0 Å². The standard InChI is InChI=1S/C23H36O5/c1-12(24)21-19(26)10-18-16-6-5-14-9-15(28-13(2)25)7-8-22(14,3)17(16)11-20(27)23(18,21)4/h14-21,26-27H,5-11H2,1-4H3. The van der Waals surface area contributed by atoms with E-state index in [0.29, 0.717) is 24.2 Å². The first-order valence-electron chi connectivity index (χ1n) is 11.1. The van der Waals surface area contributed by atoms with E-state index in [1.807, 2.05) is 6.92 Å². The van der Waals surface area contributed by atoms with Crippen LogP contribution in [0.3, 0.4) is 0 Å².